The lowest BCUT2D eigenvalue weighted by atomic mass is 9.80. The summed E-state index contributed by atoms with van der Waals surface area (Å²) >= 11 is 0. The van der Waals surface area contributed by atoms with Crippen LogP contribution in [-0.2, 0) is 0 Å². The number of benzene rings is 1. The number of rotatable bonds is 2. The summed E-state index contributed by atoms with van der Waals surface area (Å²) in [5, 5.41) is 18.7. The molecule has 76 valence electrons. The van der Waals surface area contributed by atoms with E-state index in [0.29, 0.717) is 22.2 Å². The van der Waals surface area contributed by atoms with E-state index in [9.17, 15) is 0 Å². The standard InChI is InChI=1S/C9H9BN2O3/c1-15-9-7-4-6(10(13)14)2-3-8(7)11-5-12-9/h2-5,13-14H,1H3. The van der Waals surface area contributed by atoms with Crippen LogP contribution in [0.1, 0.15) is 0 Å². The fraction of sp³-hybridized carbons (Fsp3) is 0.111. The van der Waals surface area contributed by atoms with Gasteiger partial charge in [0.15, 0.2) is 0 Å². The molecule has 0 spiro atoms. The quantitative estimate of drug-likeness (QED) is 0.633. The summed E-state index contributed by atoms with van der Waals surface area (Å²) in [5.41, 5.74) is 1.09. The molecule has 0 saturated carbocycles. The Bertz CT molecular complexity index is 490. The molecule has 2 rings (SSSR count). The first-order valence-electron chi connectivity index (χ1n) is 4.37. The van der Waals surface area contributed by atoms with Crippen LogP contribution >= 0.6 is 0 Å². The number of methoxy groups -OCH3 is 1. The zero-order chi connectivity index (χ0) is 10.8. The molecule has 1 aromatic carbocycles. The van der Waals surface area contributed by atoms with Crippen LogP contribution in [0, 0.1) is 0 Å². The highest BCUT2D eigenvalue weighted by Crippen LogP contribution is 2.18. The van der Waals surface area contributed by atoms with Crippen LogP contribution in [0.15, 0.2) is 24.5 Å². The lowest BCUT2D eigenvalue weighted by molar-refractivity contribution is 0.402. The first kappa shape index (κ1) is 9.88. The van der Waals surface area contributed by atoms with Crippen LogP contribution in [0.25, 0.3) is 10.9 Å². The van der Waals surface area contributed by atoms with Gasteiger partial charge in [0.2, 0.25) is 5.88 Å². The summed E-state index contributed by atoms with van der Waals surface area (Å²) in [6, 6.07) is 4.88. The maximum atomic E-state index is 9.02. The highest BCUT2D eigenvalue weighted by molar-refractivity contribution is 6.58. The molecule has 0 radical (unpaired) electrons. The number of nitrogens with zero attached hydrogens (tertiary/aromatic N) is 2. The number of hydrogen-bond donors (Lipinski definition) is 2. The van der Waals surface area contributed by atoms with E-state index in [1.54, 1.807) is 18.2 Å². The number of aromatic nitrogens is 2. The Morgan fingerprint density at radius 2 is 2.07 bits per heavy atom. The van der Waals surface area contributed by atoms with Crippen molar-refractivity contribution in [2.75, 3.05) is 7.11 Å². The van der Waals surface area contributed by atoms with Crippen molar-refractivity contribution in [1.29, 1.82) is 0 Å². The van der Waals surface area contributed by atoms with Gasteiger partial charge in [0, 0.05) is 0 Å². The van der Waals surface area contributed by atoms with Gasteiger partial charge in [-0.2, -0.15) is 0 Å². The van der Waals surface area contributed by atoms with Gasteiger partial charge in [-0.15, -0.1) is 0 Å². The van der Waals surface area contributed by atoms with E-state index in [2.05, 4.69) is 9.97 Å². The Morgan fingerprint density at radius 3 is 2.73 bits per heavy atom. The van der Waals surface area contributed by atoms with Crippen molar-refractivity contribution in [3.8, 4) is 5.88 Å². The molecule has 0 atom stereocenters. The van der Waals surface area contributed by atoms with Gasteiger partial charge in [-0.1, -0.05) is 6.07 Å². The average molecular weight is 204 g/mol. The molecule has 0 unspecified atom stereocenters. The van der Waals surface area contributed by atoms with E-state index in [1.807, 2.05) is 0 Å². The van der Waals surface area contributed by atoms with E-state index >= 15 is 0 Å². The molecule has 0 aliphatic heterocycles. The normalized spacial score (nSPS) is 10.3. The molecule has 0 aliphatic rings. The largest absolute Gasteiger partial charge is 0.488 e. The highest BCUT2D eigenvalue weighted by Gasteiger charge is 2.13. The molecular weight excluding hydrogens is 195 g/mol. The second-order valence-corrected chi connectivity index (χ2v) is 3.03. The molecule has 2 aromatic rings. The Morgan fingerprint density at radius 1 is 1.27 bits per heavy atom. The second-order valence-electron chi connectivity index (χ2n) is 3.03. The Hall–Kier alpha value is -1.66. The van der Waals surface area contributed by atoms with Gasteiger partial charge in [0.1, 0.15) is 6.33 Å². The molecule has 0 saturated heterocycles. The minimum Gasteiger partial charge on any atom is -0.480 e. The van der Waals surface area contributed by atoms with E-state index in [0.717, 1.165) is 0 Å². The summed E-state index contributed by atoms with van der Waals surface area (Å²) in [6.45, 7) is 0. The van der Waals surface area contributed by atoms with Crippen LogP contribution in [0.5, 0.6) is 5.88 Å². The summed E-state index contributed by atoms with van der Waals surface area (Å²) in [4.78, 5) is 7.97. The second kappa shape index (κ2) is 3.84. The summed E-state index contributed by atoms with van der Waals surface area (Å²) in [7, 11) is 0.00315. The third-order valence-corrected chi connectivity index (χ3v) is 2.11. The Labute approximate surface area is 86.5 Å². The fourth-order valence-corrected chi connectivity index (χ4v) is 1.37. The lowest BCUT2D eigenvalue weighted by Gasteiger charge is -2.05. The van der Waals surface area contributed by atoms with Crippen molar-refractivity contribution in [2.24, 2.45) is 0 Å². The molecule has 0 bridgehead atoms. The molecule has 1 aromatic heterocycles. The van der Waals surface area contributed by atoms with Crippen LogP contribution in [0.4, 0.5) is 0 Å². The molecule has 5 nitrogen and oxygen atoms in total. The smallest absolute Gasteiger partial charge is 0.480 e. The van der Waals surface area contributed by atoms with Crippen molar-refractivity contribution in [3.63, 3.8) is 0 Å². The third-order valence-electron chi connectivity index (χ3n) is 2.11. The molecule has 0 amide bonds. The van der Waals surface area contributed by atoms with Gasteiger partial charge in [-0.05, 0) is 17.6 Å². The van der Waals surface area contributed by atoms with Crippen LogP contribution in [0.3, 0.4) is 0 Å². The predicted molar refractivity (Wildman–Crippen MR) is 55.9 cm³/mol. The SMILES string of the molecule is COc1ncnc2ccc(B(O)O)cc12. The van der Waals surface area contributed by atoms with Crippen molar-refractivity contribution < 1.29 is 14.8 Å². The maximum Gasteiger partial charge on any atom is 0.488 e. The summed E-state index contributed by atoms with van der Waals surface area (Å²) < 4.78 is 5.05. The van der Waals surface area contributed by atoms with Crippen molar-refractivity contribution in [1.82, 2.24) is 9.97 Å². The zero-order valence-corrected chi connectivity index (χ0v) is 8.08. The van der Waals surface area contributed by atoms with Crippen LogP contribution < -0.4 is 10.2 Å². The average Bonchev–Trinajstić information content (AvgIpc) is 2.27. The van der Waals surface area contributed by atoms with Gasteiger partial charge in [0.05, 0.1) is 18.0 Å². The maximum absolute atomic E-state index is 9.02. The third kappa shape index (κ3) is 1.77. The van der Waals surface area contributed by atoms with Gasteiger partial charge >= 0.3 is 7.12 Å². The van der Waals surface area contributed by atoms with Crippen molar-refractivity contribution >= 4 is 23.5 Å². The van der Waals surface area contributed by atoms with Gasteiger partial charge < -0.3 is 14.8 Å². The Balaban J connectivity index is 2.67. The minimum atomic E-state index is -1.50. The number of hydrogen-bond acceptors (Lipinski definition) is 5. The van der Waals surface area contributed by atoms with Crippen LogP contribution in [0.2, 0.25) is 0 Å². The van der Waals surface area contributed by atoms with E-state index in [1.165, 1.54) is 13.4 Å². The number of fused-ring (bicyclic) bond motifs is 1. The van der Waals surface area contributed by atoms with Gasteiger partial charge in [-0.25, -0.2) is 9.97 Å². The van der Waals surface area contributed by atoms with Crippen molar-refractivity contribution in [3.05, 3.63) is 24.5 Å². The Kier molecular flexibility index (Phi) is 2.53. The first-order chi connectivity index (χ1) is 7.22. The fourth-order valence-electron chi connectivity index (χ4n) is 1.37. The lowest BCUT2D eigenvalue weighted by Crippen LogP contribution is -2.29. The van der Waals surface area contributed by atoms with Gasteiger partial charge in [-0.3, -0.25) is 0 Å². The molecule has 1 heterocycles. The molecule has 6 heteroatoms. The summed E-state index contributed by atoms with van der Waals surface area (Å²) in [6.07, 6.45) is 1.40. The number of ether oxygens (including phenoxy) is 1. The first-order valence-corrected chi connectivity index (χ1v) is 4.37. The van der Waals surface area contributed by atoms with Crippen LogP contribution in [-0.4, -0.2) is 34.2 Å². The van der Waals surface area contributed by atoms with Crippen molar-refractivity contribution in [2.45, 2.75) is 0 Å². The van der Waals surface area contributed by atoms with E-state index in [-0.39, 0.29) is 0 Å². The molecule has 0 fully saturated rings. The molecule has 0 aliphatic carbocycles. The molecular formula is C9H9BN2O3. The predicted octanol–water partition coefficient (Wildman–Crippen LogP) is -0.682. The summed E-state index contributed by atoms with van der Waals surface area (Å²) in [5.74, 6) is 0.419. The topological polar surface area (TPSA) is 75.5 Å². The van der Waals surface area contributed by atoms with E-state index < -0.39 is 7.12 Å². The van der Waals surface area contributed by atoms with E-state index in [4.69, 9.17) is 14.8 Å². The highest BCUT2D eigenvalue weighted by atomic mass is 16.5. The molecule has 2 N–H and O–H groups in total. The monoisotopic (exact) mass is 204 g/mol. The van der Waals surface area contributed by atoms with Gasteiger partial charge in [0.25, 0.3) is 0 Å². The molecule has 15 heavy (non-hydrogen) atoms. The minimum absolute atomic E-state index is 0.385. The zero-order valence-electron chi connectivity index (χ0n) is 8.08.